The van der Waals surface area contributed by atoms with Crippen LogP contribution in [0.5, 0.6) is 0 Å². The van der Waals surface area contributed by atoms with E-state index < -0.39 is 17.9 Å². The van der Waals surface area contributed by atoms with Crippen molar-refractivity contribution in [1.29, 1.82) is 5.26 Å². The van der Waals surface area contributed by atoms with Crippen LogP contribution in [-0.2, 0) is 4.79 Å². The summed E-state index contributed by atoms with van der Waals surface area (Å²) in [6.45, 7) is 3.92. The minimum Gasteiger partial charge on any atom is -0.457 e. The number of thiol groups is 1. The van der Waals surface area contributed by atoms with Crippen molar-refractivity contribution in [1.82, 2.24) is 5.32 Å². The van der Waals surface area contributed by atoms with Crippen LogP contribution in [0.4, 0.5) is 10.1 Å². The van der Waals surface area contributed by atoms with Gasteiger partial charge in [0.15, 0.2) is 6.17 Å². The third-order valence-corrected chi connectivity index (χ3v) is 5.40. The minimum absolute atomic E-state index is 0.0876. The quantitative estimate of drug-likeness (QED) is 0.586. The van der Waals surface area contributed by atoms with E-state index in [1.807, 2.05) is 38.1 Å². The molecule has 2 aromatic carbocycles. The topological polar surface area (TPSA) is 69.3 Å². The van der Waals surface area contributed by atoms with E-state index in [-0.39, 0.29) is 10.6 Å². The van der Waals surface area contributed by atoms with Gasteiger partial charge in [0, 0.05) is 5.69 Å². The SMILES string of the molecule is Cc1ccc(N2C(S)=C(C#N)C(=O)NC2c2ccc(-c3ccccc3F)o2)c(C)c1. The molecule has 1 aliphatic heterocycles. The molecule has 0 saturated carbocycles. The van der Waals surface area contributed by atoms with Gasteiger partial charge in [-0.05, 0) is 49.7 Å². The number of nitrogens with zero attached hydrogens (tertiary/aromatic N) is 2. The first-order chi connectivity index (χ1) is 14.4. The van der Waals surface area contributed by atoms with Crippen LogP contribution >= 0.6 is 12.6 Å². The fourth-order valence-electron chi connectivity index (χ4n) is 3.54. The summed E-state index contributed by atoms with van der Waals surface area (Å²) in [4.78, 5) is 14.2. The molecular weight excluding hydrogens is 401 g/mol. The van der Waals surface area contributed by atoms with E-state index in [2.05, 4.69) is 17.9 Å². The zero-order chi connectivity index (χ0) is 21.4. The number of halogens is 1. The van der Waals surface area contributed by atoms with E-state index in [4.69, 9.17) is 4.42 Å². The Morgan fingerprint density at radius 1 is 1.17 bits per heavy atom. The van der Waals surface area contributed by atoms with Crippen LogP contribution in [-0.4, -0.2) is 5.91 Å². The van der Waals surface area contributed by atoms with E-state index in [0.717, 1.165) is 16.8 Å². The first-order valence-corrected chi connectivity index (χ1v) is 9.70. The molecule has 150 valence electrons. The monoisotopic (exact) mass is 419 g/mol. The first kappa shape index (κ1) is 19.8. The molecule has 2 heterocycles. The number of carbonyl (C=O) groups is 1. The summed E-state index contributed by atoms with van der Waals surface area (Å²) in [7, 11) is 0. The second-order valence-electron chi connectivity index (χ2n) is 7.03. The van der Waals surface area contributed by atoms with Gasteiger partial charge in [-0.2, -0.15) is 5.26 Å². The molecule has 0 aliphatic carbocycles. The second kappa shape index (κ2) is 7.73. The Labute approximate surface area is 178 Å². The number of amides is 1. The Morgan fingerprint density at radius 2 is 1.93 bits per heavy atom. The molecule has 1 atom stereocenters. The van der Waals surface area contributed by atoms with E-state index in [1.54, 1.807) is 35.2 Å². The second-order valence-corrected chi connectivity index (χ2v) is 7.45. The number of benzene rings is 2. The Hall–Kier alpha value is -3.50. The zero-order valence-corrected chi connectivity index (χ0v) is 17.2. The molecule has 1 N–H and O–H groups in total. The van der Waals surface area contributed by atoms with Crippen LogP contribution in [0, 0.1) is 31.0 Å². The summed E-state index contributed by atoms with van der Waals surface area (Å²) in [5.41, 5.74) is 3.03. The average Bonchev–Trinajstić information content (AvgIpc) is 3.19. The van der Waals surface area contributed by atoms with Gasteiger partial charge in [-0.3, -0.25) is 4.79 Å². The van der Waals surface area contributed by atoms with Gasteiger partial charge in [0.25, 0.3) is 5.91 Å². The van der Waals surface area contributed by atoms with Crippen LogP contribution in [0.15, 0.2) is 69.6 Å². The predicted octanol–water partition coefficient (Wildman–Crippen LogP) is 5.00. The number of nitrogens with one attached hydrogen (secondary N) is 1. The van der Waals surface area contributed by atoms with Crippen LogP contribution in [0.3, 0.4) is 0 Å². The van der Waals surface area contributed by atoms with Gasteiger partial charge >= 0.3 is 0 Å². The van der Waals surface area contributed by atoms with Gasteiger partial charge < -0.3 is 14.6 Å². The molecule has 1 unspecified atom stereocenters. The van der Waals surface area contributed by atoms with Crippen molar-refractivity contribution >= 4 is 24.2 Å². The van der Waals surface area contributed by atoms with Gasteiger partial charge in [-0.1, -0.05) is 29.8 Å². The number of anilines is 1. The Balaban J connectivity index is 1.84. The first-order valence-electron chi connectivity index (χ1n) is 9.26. The van der Waals surface area contributed by atoms with Crippen molar-refractivity contribution in [3.8, 4) is 17.4 Å². The highest BCUT2D eigenvalue weighted by Gasteiger charge is 2.36. The van der Waals surface area contributed by atoms with E-state index in [1.165, 1.54) is 6.07 Å². The maximum Gasteiger partial charge on any atom is 0.266 e. The summed E-state index contributed by atoms with van der Waals surface area (Å²) in [5, 5.41) is 12.5. The fraction of sp³-hybridized carbons (Fsp3) is 0.130. The Bertz CT molecular complexity index is 1230. The lowest BCUT2D eigenvalue weighted by Gasteiger charge is -2.37. The third-order valence-electron chi connectivity index (χ3n) is 4.96. The molecule has 0 spiro atoms. The van der Waals surface area contributed by atoms with Crippen molar-refractivity contribution in [2.45, 2.75) is 20.0 Å². The number of rotatable bonds is 3. The summed E-state index contributed by atoms with van der Waals surface area (Å²) in [5.74, 6) is -0.213. The van der Waals surface area contributed by atoms with Crippen LogP contribution in [0.25, 0.3) is 11.3 Å². The lowest BCUT2D eigenvalue weighted by atomic mass is 10.1. The fourth-order valence-corrected chi connectivity index (χ4v) is 3.91. The largest absolute Gasteiger partial charge is 0.457 e. The molecule has 1 amide bonds. The third kappa shape index (κ3) is 3.36. The number of aryl methyl sites for hydroxylation is 2. The van der Waals surface area contributed by atoms with Crippen molar-refractivity contribution in [2.75, 3.05) is 4.90 Å². The highest BCUT2D eigenvalue weighted by atomic mass is 32.1. The smallest absolute Gasteiger partial charge is 0.266 e. The average molecular weight is 419 g/mol. The molecule has 3 aromatic rings. The van der Waals surface area contributed by atoms with Gasteiger partial charge in [0.1, 0.15) is 29.0 Å². The zero-order valence-electron chi connectivity index (χ0n) is 16.3. The number of hydrogen-bond acceptors (Lipinski definition) is 5. The lowest BCUT2D eigenvalue weighted by molar-refractivity contribution is -0.118. The normalized spacial score (nSPS) is 16.4. The number of carbonyl (C=O) groups excluding carboxylic acids is 1. The van der Waals surface area contributed by atoms with Gasteiger partial charge in [-0.25, -0.2) is 4.39 Å². The molecular formula is C23H18FN3O2S. The Kier molecular flexibility index (Phi) is 5.10. The van der Waals surface area contributed by atoms with E-state index >= 15 is 0 Å². The number of hydrogen-bond donors (Lipinski definition) is 2. The van der Waals surface area contributed by atoms with Crippen LogP contribution < -0.4 is 10.2 Å². The summed E-state index contributed by atoms with van der Waals surface area (Å²) < 4.78 is 20.1. The molecule has 1 aliphatic rings. The van der Waals surface area contributed by atoms with Gasteiger partial charge in [0.2, 0.25) is 0 Å². The molecule has 0 saturated heterocycles. The summed E-state index contributed by atoms with van der Waals surface area (Å²) in [6.07, 6.45) is -0.746. The standard InChI is InChI=1S/C23H18FN3O2S/c1-13-7-8-18(14(2)11-13)27-21(26-22(28)16(12-25)23(27)30)20-10-9-19(29-20)15-5-3-4-6-17(15)24/h3-11,21,30H,1-2H3,(H,26,28). The maximum absolute atomic E-state index is 14.2. The van der Waals surface area contributed by atoms with Crippen molar-refractivity contribution in [3.63, 3.8) is 0 Å². The summed E-state index contributed by atoms with van der Waals surface area (Å²) in [6, 6.07) is 17.4. The number of nitriles is 1. The van der Waals surface area contributed by atoms with E-state index in [9.17, 15) is 14.4 Å². The van der Waals surface area contributed by atoms with Crippen LogP contribution in [0.1, 0.15) is 23.1 Å². The molecule has 4 rings (SSSR count). The molecule has 1 aromatic heterocycles. The highest BCUT2D eigenvalue weighted by Crippen LogP contribution is 2.39. The van der Waals surface area contributed by atoms with E-state index in [0.29, 0.717) is 17.1 Å². The lowest BCUT2D eigenvalue weighted by Crippen LogP contribution is -2.46. The highest BCUT2D eigenvalue weighted by molar-refractivity contribution is 7.84. The maximum atomic E-state index is 14.2. The van der Waals surface area contributed by atoms with Gasteiger partial charge in [0.05, 0.1) is 10.6 Å². The molecule has 30 heavy (non-hydrogen) atoms. The van der Waals surface area contributed by atoms with Crippen molar-refractivity contribution in [2.24, 2.45) is 0 Å². The molecule has 0 fully saturated rings. The predicted molar refractivity (Wildman–Crippen MR) is 115 cm³/mol. The molecule has 0 radical (unpaired) electrons. The van der Waals surface area contributed by atoms with Gasteiger partial charge in [-0.15, -0.1) is 12.6 Å². The van der Waals surface area contributed by atoms with Crippen LogP contribution in [0.2, 0.25) is 0 Å². The summed E-state index contributed by atoms with van der Waals surface area (Å²) >= 11 is 4.50. The van der Waals surface area contributed by atoms with Crippen molar-refractivity contribution < 1.29 is 13.6 Å². The minimum atomic E-state index is -0.746. The number of furan rings is 1. The molecule has 0 bridgehead atoms. The Morgan fingerprint density at radius 3 is 2.63 bits per heavy atom. The molecule has 7 heteroatoms. The molecule has 5 nitrogen and oxygen atoms in total. The van der Waals surface area contributed by atoms with Crippen molar-refractivity contribution in [3.05, 3.63) is 87.9 Å².